The van der Waals surface area contributed by atoms with Crippen LogP contribution in [0.1, 0.15) is 43.8 Å². The van der Waals surface area contributed by atoms with Gasteiger partial charge in [-0.15, -0.1) is 0 Å². The highest BCUT2D eigenvalue weighted by atomic mass is 79.9. The van der Waals surface area contributed by atoms with E-state index < -0.39 is 6.10 Å². The molecule has 1 aromatic heterocycles. The number of hydrogen-bond donors (Lipinski definition) is 2. The van der Waals surface area contributed by atoms with Crippen molar-refractivity contribution in [3.05, 3.63) is 22.1 Å². The fraction of sp³-hybridized carbons (Fsp3) is 0.643. The van der Waals surface area contributed by atoms with Gasteiger partial charge in [0.25, 0.3) is 5.91 Å². The summed E-state index contributed by atoms with van der Waals surface area (Å²) >= 11 is 3.20. The lowest BCUT2D eigenvalue weighted by molar-refractivity contribution is 0.0136. The standard InChI is InChI=1S/C14H22BrNO3/c1-8(2)12(17)14(4,5)7-16-13(18)11-9(3)6-10(15)19-11/h6,8,12,17H,7H2,1-5H3,(H,16,18). The molecule has 0 radical (unpaired) electrons. The highest BCUT2D eigenvalue weighted by Gasteiger charge is 2.31. The number of hydrogen-bond acceptors (Lipinski definition) is 3. The summed E-state index contributed by atoms with van der Waals surface area (Å²) in [5, 5.41) is 12.9. The predicted molar refractivity (Wildman–Crippen MR) is 78.1 cm³/mol. The first-order valence-corrected chi connectivity index (χ1v) is 7.16. The van der Waals surface area contributed by atoms with Gasteiger partial charge in [-0.1, -0.05) is 27.7 Å². The first-order chi connectivity index (χ1) is 8.65. The topological polar surface area (TPSA) is 62.5 Å². The van der Waals surface area contributed by atoms with E-state index in [-0.39, 0.29) is 17.2 Å². The molecule has 2 N–H and O–H groups in total. The molecule has 1 atom stereocenters. The molecule has 0 aliphatic heterocycles. The maximum absolute atomic E-state index is 12.0. The van der Waals surface area contributed by atoms with Crippen molar-refractivity contribution < 1.29 is 14.3 Å². The van der Waals surface area contributed by atoms with Gasteiger partial charge >= 0.3 is 0 Å². The predicted octanol–water partition coefficient (Wildman–Crippen LogP) is 3.12. The van der Waals surface area contributed by atoms with Crippen molar-refractivity contribution in [2.75, 3.05) is 6.54 Å². The van der Waals surface area contributed by atoms with Gasteiger partial charge < -0.3 is 14.8 Å². The molecule has 5 heteroatoms. The molecule has 1 amide bonds. The minimum Gasteiger partial charge on any atom is -0.444 e. The molecule has 108 valence electrons. The van der Waals surface area contributed by atoms with E-state index in [0.717, 1.165) is 5.56 Å². The van der Waals surface area contributed by atoms with Crippen LogP contribution in [0.5, 0.6) is 0 Å². The number of aliphatic hydroxyl groups is 1. The van der Waals surface area contributed by atoms with Crippen LogP contribution < -0.4 is 5.32 Å². The summed E-state index contributed by atoms with van der Waals surface area (Å²) in [4.78, 5) is 12.0. The van der Waals surface area contributed by atoms with Gasteiger partial charge in [-0.3, -0.25) is 4.79 Å². The molecule has 1 unspecified atom stereocenters. The Morgan fingerprint density at radius 3 is 2.53 bits per heavy atom. The third-order valence-electron chi connectivity index (χ3n) is 3.23. The van der Waals surface area contributed by atoms with E-state index in [1.165, 1.54) is 0 Å². The lowest BCUT2D eigenvalue weighted by Crippen LogP contribution is -2.43. The van der Waals surface area contributed by atoms with Crippen LogP contribution >= 0.6 is 15.9 Å². The number of aryl methyl sites for hydroxylation is 1. The molecule has 0 fully saturated rings. The quantitative estimate of drug-likeness (QED) is 0.871. The molecule has 4 nitrogen and oxygen atoms in total. The highest BCUT2D eigenvalue weighted by Crippen LogP contribution is 2.25. The number of furan rings is 1. The number of halogens is 1. The Balaban J connectivity index is 2.67. The molecular formula is C14H22BrNO3. The molecule has 1 rings (SSSR count). The Bertz CT molecular complexity index is 452. The number of carbonyl (C=O) groups is 1. The third-order valence-corrected chi connectivity index (χ3v) is 3.62. The molecular weight excluding hydrogens is 310 g/mol. The van der Waals surface area contributed by atoms with E-state index in [9.17, 15) is 9.90 Å². The van der Waals surface area contributed by atoms with Crippen molar-refractivity contribution >= 4 is 21.8 Å². The zero-order valence-corrected chi connectivity index (χ0v) is 13.7. The highest BCUT2D eigenvalue weighted by molar-refractivity contribution is 9.10. The molecule has 0 saturated carbocycles. The van der Waals surface area contributed by atoms with Gasteiger partial charge in [0.05, 0.1) is 6.10 Å². The Hall–Kier alpha value is -0.810. The summed E-state index contributed by atoms with van der Waals surface area (Å²) in [5.74, 6) is 0.195. The van der Waals surface area contributed by atoms with Crippen molar-refractivity contribution in [1.29, 1.82) is 0 Å². The maximum atomic E-state index is 12.0. The van der Waals surface area contributed by atoms with Gasteiger partial charge in [0.1, 0.15) is 0 Å². The summed E-state index contributed by atoms with van der Waals surface area (Å²) in [6, 6.07) is 1.75. The summed E-state index contributed by atoms with van der Waals surface area (Å²) in [6.45, 7) is 10.00. The Kier molecular flexibility index (Phi) is 5.21. The second-order valence-corrected chi connectivity index (χ2v) is 6.70. The zero-order valence-electron chi connectivity index (χ0n) is 12.1. The lowest BCUT2D eigenvalue weighted by atomic mass is 9.80. The first kappa shape index (κ1) is 16.2. The third kappa shape index (κ3) is 4.08. The lowest BCUT2D eigenvalue weighted by Gasteiger charge is -2.33. The summed E-state index contributed by atoms with van der Waals surface area (Å²) < 4.78 is 5.83. The van der Waals surface area contributed by atoms with Gasteiger partial charge in [-0.2, -0.15) is 0 Å². The fourth-order valence-electron chi connectivity index (χ4n) is 2.06. The molecule has 1 aromatic rings. The van der Waals surface area contributed by atoms with Crippen molar-refractivity contribution in [3.8, 4) is 0 Å². The van der Waals surface area contributed by atoms with Crippen LogP contribution in [0.3, 0.4) is 0 Å². The van der Waals surface area contributed by atoms with Crippen LogP contribution in [0.25, 0.3) is 0 Å². The van der Waals surface area contributed by atoms with Crippen LogP contribution in [0.15, 0.2) is 15.2 Å². The minimum atomic E-state index is -0.475. The number of rotatable bonds is 5. The van der Waals surface area contributed by atoms with Crippen molar-refractivity contribution in [2.45, 2.75) is 40.7 Å². The summed E-state index contributed by atoms with van der Waals surface area (Å²) in [5.41, 5.74) is 0.397. The molecule has 0 aliphatic rings. The van der Waals surface area contributed by atoms with E-state index in [4.69, 9.17) is 4.42 Å². The monoisotopic (exact) mass is 331 g/mol. The van der Waals surface area contributed by atoms with E-state index in [0.29, 0.717) is 17.0 Å². The molecule has 0 aliphatic carbocycles. The Morgan fingerprint density at radius 1 is 1.53 bits per heavy atom. The first-order valence-electron chi connectivity index (χ1n) is 6.37. The van der Waals surface area contributed by atoms with Crippen LogP contribution in [0.2, 0.25) is 0 Å². The van der Waals surface area contributed by atoms with Crippen molar-refractivity contribution in [2.24, 2.45) is 11.3 Å². The molecule has 19 heavy (non-hydrogen) atoms. The van der Waals surface area contributed by atoms with Gasteiger partial charge in [0.15, 0.2) is 10.4 Å². The van der Waals surface area contributed by atoms with Crippen LogP contribution in [-0.2, 0) is 0 Å². The normalized spacial score (nSPS) is 13.7. The van der Waals surface area contributed by atoms with E-state index in [1.54, 1.807) is 6.07 Å². The molecule has 0 aromatic carbocycles. The molecule has 1 heterocycles. The number of carbonyl (C=O) groups excluding carboxylic acids is 1. The Morgan fingerprint density at radius 2 is 2.11 bits per heavy atom. The van der Waals surface area contributed by atoms with Gasteiger partial charge in [0.2, 0.25) is 0 Å². The summed E-state index contributed by atoms with van der Waals surface area (Å²) in [6.07, 6.45) is -0.475. The van der Waals surface area contributed by atoms with Crippen molar-refractivity contribution in [3.63, 3.8) is 0 Å². The van der Waals surface area contributed by atoms with E-state index >= 15 is 0 Å². The second kappa shape index (κ2) is 6.09. The molecule has 0 saturated heterocycles. The average Bonchev–Trinajstić information content (AvgIpc) is 2.64. The number of amides is 1. The van der Waals surface area contributed by atoms with Crippen LogP contribution in [0, 0.1) is 18.3 Å². The largest absolute Gasteiger partial charge is 0.444 e. The van der Waals surface area contributed by atoms with Gasteiger partial charge in [-0.25, -0.2) is 0 Å². The summed E-state index contributed by atoms with van der Waals surface area (Å²) in [7, 11) is 0. The number of aliphatic hydroxyl groups excluding tert-OH is 1. The van der Waals surface area contributed by atoms with Crippen LogP contribution in [0.4, 0.5) is 0 Å². The van der Waals surface area contributed by atoms with E-state index in [2.05, 4.69) is 21.2 Å². The van der Waals surface area contributed by atoms with Crippen LogP contribution in [-0.4, -0.2) is 23.7 Å². The SMILES string of the molecule is Cc1cc(Br)oc1C(=O)NCC(C)(C)C(O)C(C)C. The second-order valence-electron chi connectivity index (χ2n) is 5.92. The average molecular weight is 332 g/mol. The van der Waals surface area contributed by atoms with Gasteiger partial charge in [-0.05, 0) is 34.8 Å². The van der Waals surface area contributed by atoms with Gasteiger partial charge in [0, 0.05) is 17.5 Å². The fourth-order valence-corrected chi connectivity index (χ4v) is 2.57. The molecule has 0 bridgehead atoms. The zero-order chi connectivity index (χ0) is 14.8. The molecule has 0 spiro atoms. The van der Waals surface area contributed by atoms with E-state index in [1.807, 2.05) is 34.6 Å². The maximum Gasteiger partial charge on any atom is 0.287 e. The Labute approximate surface area is 122 Å². The van der Waals surface area contributed by atoms with Crippen molar-refractivity contribution in [1.82, 2.24) is 5.32 Å². The number of nitrogens with one attached hydrogen (secondary N) is 1. The minimum absolute atomic E-state index is 0.145. The smallest absolute Gasteiger partial charge is 0.287 e.